The molecule has 1 saturated carbocycles. The largest absolute Gasteiger partial charge is 0.373 e. The first-order chi connectivity index (χ1) is 11.6. The maximum atomic E-state index is 6.11. The predicted octanol–water partition coefficient (Wildman–Crippen LogP) is 2.32. The van der Waals surface area contributed by atoms with Gasteiger partial charge < -0.3 is 10.1 Å². The molecule has 0 spiro atoms. The van der Waals surface area contributed by atoms with Gasteiger partial charge in [-0.25, -0.2) is 0 Å². The average Bonchev–Trinajstić information content (AvgIpc) is 3.06. The zero-order chi connectivity index (χ0) is 16.6. The second kappa shape index (κ2) is 5.83. The van der Waals surface area contributed by atoms with Gasteiger partial charge in [-0.3, -0.25) is 0 Å². The van der Waals surface area contributed by atoms with Crippen molar-refractivity contribution in [3.05, 3.63) is 48.0 Å². The zero-order valence-electron chi connectivity index (χ0n) is 13.8. The van der Waals surface area contributed by atoms with Gasteiger partial charge >= 0.3 is 0 Å². The van der Waals surface area contributed by atoms with Gasteiger partial charge in [-0.05, 0) is 34.5 Å². The van der Waals surface area contributed by atoms with E-state index < -0.39 is 0 Å². The van der Waals surface area contributed by atoms with Crippen LogP contribution >= 0.6 is 0 Å². The molecule has 7 heteroatoms. The van der Waals surface area contributed by atoms with Crippen molar-refractivity contribution in [2.24, 2.45) is 5.41 Å². The molecule has 0 unspecified atom stereocenters. The number of aromatic nitrogens is 5. The molecule has 0 bridgehead atoms. The van der Waals surface area contributed by atoms with E-state index in [-0.39, 0.29) is 11.5 Å². The normalized spacial score (nSPS) is 22.2. The van der Waals surface area contributed by atoms with E-state index in [9.17, 15) is 0 Å². The number of nitrogens with zero attached hydrogens (tertiary/aromatic N) is 5. The lowest BCUT2D eigenvalue weighted by molar-refractivity contribution is -0.109. The molecule has 1 N–H and O–H groups in total. The summed E-state index contributed by atoms with van der Waals surface area (Å²) < 4.78 is 7.54. The Morgan fingerprint density at radius 3 is 2.83 bits per heavy atom. The van der Waals surface area contributed by atoms with Crippen LogP contribution in [0.1, 0.15) is 25.8 Å². The van der Waals surface area contributed by atoms with Crippen molar-refractivity contribution in [1.29, 1.82) is 0 Å². The second-order valence-corrected chi connectivity index (χ2v) is 6.78. The third-order valence-electron chi connectivity index (χ3n) is 4.86. The quantitative estimate of drug-likeness (QED) is 0.776. The first kappa shape index (κ1) is 15.0. The van der Waals surface area contributed by atoms with E-state index in [2.05, 4.69) is 51.9 Å². The first-order valence-electron chi connectivity index (χ1n) is 8.10. The van der Waals surface area contributed by atoms with Crippen LogP contribution in [0.4, 0.5) is 5.82 Å². The number of anilines is 1. The fraction of sp³-hybridized carbons (Fsp3) is 0.412. The molecule has 1 aliphatic carbocycles. The summed E-state index contributed by atoms with van der Waals surface area (Å²) in [7, 11) is 0. The lowest BCUT2D eigenvalue weighted by Crippen LogP contribution is -2.58. The van der Waals surface area contributed by atoms with Crippen molar-refractivity contribution in [3.8, 4) is 0 Å². The van der Waals surface area contributed by atoms with Gasteiger partial charge in [0, 0.05) is 11.5 Å². The van der Waals surface area contributed by atoms with E-state index in [1.54, 1.807) is 0 Å². The molecule has 124 valence electrons. The lowest BCUT2D eigenvalue weighted by atomic mass is 9.64. The minimum Gasteiger partial charge on any atom is -0.373 e. The fourth-order valence-electron chi connectivity index (χ4n) is 3.09. The number of rotatable bonds is 5. The molecule has 4 rings (SSSR count). The van der Waals surface area contributed by atoms with Crippen LogP contribution in [0.25, 0.3) is 5.65 Å². The molecule has 24 heavy (non-hydrogen) atoms. The molecule has 0 radical (unpaired) electrons. The molecule has 7 nitrogen and oxygen atoms in total. The number of nitrogens with one attached hydrogen (secondary N) is 1. The van der Waals surface area contributed by atoms with Crippen LogP contribution in [0, 0.1) is 5.41 Å². The summed E-state index contributed by atoms with van der Waals surface area (Å²) >= 11 is 0. The number of ether oxygens (including phenoxy) is 1. The van der Waals surface area contributed by atoms with E-state index in [1.165, 1.54) is 10.2 Å². The summed E-state index contributed by atoms with van der Waals surface area (Å²) in [4.78, 5) is 0. The van der Waals surface area contributed by atoms with Crippen LogP contribution in [0.5, 0.6) is 0 Å². The van der Waals surface area contributed by atoms with Gasteiger partial charge in [-0.2, -0.15) is 0 Å². The summed E-state index contributed by atoms with van der Waals surface area (Å²) in [6.07, 6.45) is 1.18. The summed E-state index contributed by atoms with van der Waals surface area (Å²) in [5.41, 5.74) is 1.87. The number of tetrazole rings is 1. The molecule has 1 aliphatic rings. The van der Waals surface area contributed by atoms with Gasteiger partial charge in [-0.15, -0.1) is 14.8 Å². The molecule has 0 aliphatic heterocycles. The Hall–Kier alpha value is -2.54. The van der Waals surface area contributed by atoms with E-state index >= 15 is 0 Å². The standard InChI is InChI=1S/C17H20N6O/c1-17(2)13(10-14(17)24-11-12-6-4-3-5-7-12)18-15-8-9-16-19-21-22-23(16)20-15/h3-9,13-14H,10-11H2,1-2H3,(H,18,20)/t13-,14-/m0/s1. The van der Waals surface area contributed by atoms with Gasteiger partial charge in [0.15, 0.2) is 5.65 Å². The third-order valence-corrected chi connectivity index (χ3v) is 4.86. The molecular formula is C17H20N6O. The highest BCUT2D eigenvalue weighted by Crippen LogP contribution is 2.44. The van der Waals surface area contributed by atoms with Crippen molar-refractivity contribution in [2.45, 2.75) is 39.0 Å². The molecule has 1 fully saturated rings. The summed E-state index contributed by atoms with van der Waals surface area (Å²) in [5.74, 6) is 0.773. The SMILES string of the molecule is CC1(C)[C@@H](Nc2ccc3nnnn3n2)C[C@@H]1OCc1ccccc1. The van der Waals surface area contributed by atoms with E-state index in [0.717, 1.165) is 12.2 Å². The van der Waals surface area contributed by atoms with Crippen LogP contribution in [0.3, 0.4) is 0 Å². The highest BCUT2D eigenvalue weighted by Gasteiger charge is 2.49. The Bertz CT molecular complexity index is 831. The highest BCUT2D eigenvalue weighted by molar-refractivity contribution is 5.43. The number of fused-ring (bicyclic) bond motifs is 1. The van der Waals surface area contributed by atoms with Crippen LogP contribution in [-0.2, 0) is 11.3 Å². The Kier molecular flexibility index (Phi) is 3.65. The molecule has 2 atom stereocenters. The molecule has 2 aromatic heterocycles. The molecule has 3 aromatic rings. The van der Waals surface area contributed by atoms with E-state index in [4.69, 9.17) is 4.74 Å². The smallest absolute Gasteiger partial charge is 0.200 e. The number of hydrogen-bond donors (Lipinski definition) is 1. The molecule has 0 amide bonds. The average molecular weight is 324 g/mol. The van der Waals surface area contributed by atoms with Crippen molar-refractivity contribution in [1.82, 2.24) is 25.3 Å². The minimum atomic E-state index is 0.0338. The van der Waals surface area contributed by atoms with Crippen LogP contribution in [-0.4, -0.2) is 37.4 Å². The lowest BCUT2D eigenvalue weighted by Gasteiger charge is -2.51. The Balaban J connectivity index is 1.37. The van der Waals surface area contributed by atoms with Crippen LogP contribution in [0.15, 0.2) is 42.5 Å². The Labute approximate surface area is 140 Å². The van der Waals surface area contributed by atoms with E-state index in [1.807, 2.05) is 30.3 Å². The zero-order valence-corrected chi connectivity index (χ0v) is 13.8. The monoisotopic (exact) mass is 324 g/mol. The summed E-state index contributed by atoms with van der Waals surface area (Å²) in [6.45, 7) is 5.09. The maximum Gasteiger partial charge on any atom is 0.200 e. The van der Waals surface area contributed by atoms with Gasteiger partial charge in [-0.1, -0.05) is 44.2 Å². The van der Waals surface area contributed by atoms with Crippen LogP contribution in [0.2, 0.25) is 0 Å². The minimum absolute atomic E-state index is 0.0338. The van der Waals surface area contributed by atoms with Crippen molar-refractivity contribution >= 4 is 11.5 Å². The van der Waals surface area contributed by atoms with Crippen LogP contribution < -0.4 is 5.32 Å². The molecule has 0 saturated heterocycles. The second-order valence-electron chi connectivity index (χ2n) is 6.78. The fourth-order valence-corrected chi connectivity index (χ4v) is 3.09. The number of benzene rings is 1. The molecule has 2 heterocycles. The van der Waals surface area contributed by atoms with Crippen molar-refractivity contribution in [3.63, 3.8) is 0 Å². The van der Waals surface area contributed by atoms with Gasteiger partial charge in [0.05, 0.1) is 12.7 Å². The van der Waals surface area contributed by atoms with Gasteiger partial charge in [0.25, 0.3) is 0 Å². The van der Waals surface area contributed by atoms with E-state index in [0.29, 0.717) is 18.3 Å². The predicted molar refractivity (Wildman–Crippen MR) is 89.4 cm³/mol. The maximum absolute atomic E-state index is 6.11. The first-order valence-corrected chi connectivity index (χ1v) is 8.10. The summed E-state index contributed by atoms with van der Waals surface area (Å²) in [5, 5.41) is 19.1. The molecule has 1 aromatic carbocycles. The Morgan fingerprint density at radius 2 is 2.04 bits per heavy atom. The molecular weight excluding hydrogens is 304 g/mol. The Morgan fingerprint density at radius 1 is 1.21 bits per heavy atom. The third kappa shape index (κ3) is 2.71. The topological polar surface area (TPSA) is 77.2 Å². The van der Waals surface area contributed by atoms with Crippen molar-refractivity contribution in [2.75, 3.05) is 5.32 Å². The number of hydrogen-bond acceptors (Lipinski definition) is 6. The van der Waals surface area contributed by atoms with Crippen molar-refractivity contribution < 1.29 is 4.74 Å². The summed E-state index contributed by atoms with van der Waals surface area (Å²) in [6, 6.07) is 14.3. The highest BCUT2D eigenvalue weighted by atomic mass is 16.5. The van der Waals surface area contributed by atoms with Gasteiger partial charge in [0.1, 0.15) is 5.82 Å². The van der Waals surface area contributed by atoms with Gasteiger partial charge in [0.2, 0.25) is 0 Å².